The van der Waals surface area contributed by atoms with Crippen LogP contribution in [-0.4, -0.2) is 18.4 Å². The SMILES string of the molecule is CC(=O)CCC(=O)OCC1(C)CC1C(C)CC=C(C)C. The Kier molecular flexibility index (Phi) is 5.97. The van der Waals surface area contributed by atoms with Gasteiger partial charge in [0.2, 0.25) is 0 Å². The molecule has 0 N–H and O–H groups in total. The molecule has 0 aromatic heterocycles. The van der Waals surface area contributed by atoms with E-state index in [0.29, 0.717) is 18.4 Å². The number of Topliss-reactive ketones (excluding diaryl/α,β-unsaturated/α-hetero) is 1. The molecule has 0 aliphatic heterocycles. The highest BCUT2D eigenvalue weighted by Gasteiger charge is 2.52. The smallest absolute Gasteiger partial charge is 0.306 e. The van der Waals surface area contributed by atoms with Gasteiger partial charge < -0.3 is 9.53 Å². The van der Waals surface area contributed by atoms with Crippen LogP contribution in [0.25, 0.3) is 0 Å². The van der Waals surface area contributed by atoms with Gasteiger partial charge in [-0.1, -0.05) is 25.5 Å². The van der Waals surface area contributed by atoms with Gasteiger partial charge in [0.25, 0.3) is 0 Å². The van der Waals surface area contributed by atoms with Gasteiger partial charge in [-0.05, 0) is 45.4 Å². The molecular weight excluding hydrogens is 252 g/mol. The molecule has 1 rings (SSSR count). The zero-order chi connectivity index (χ0) is 15.3. The molecule has 0 aromatic carbocycles. The minimum Gasteiger partial charge on any atom is -0.465 e. The van der Waals surface area contributed by atoms with Gasteiger partial charge in [0, 0.05) is 11.8 Å². The quantitative estimate of drug-likeness (QED) is 0.500. The zero-order valence-corrected chi connectivity index (χ0v) is 13.5. The third-order valence-corrected chi connectivity index (χ3v) is 4.25. The molecular formula is C17H28O3. The summed E-state index contributed by atoms with van der Waals surface area (Å²) in [5, 5.41) is 0. The summed E-state index contributed by atoms with van der Waals surface area (Å²) in [6.07, 6.45) is 5.01. The molecule has 0 radical (unpaired) electrons. The normalized spacial score (nSPS) is 25.8. The first-order valence-electron chi connectivity index (χ1n) is 7.53. The third-order valence-electron chi connectivity index (χ3n) is 4.25. The molecule has 114 valence electrons. The van der Waals surface area contributed by atoms with Gasteiger partial charge in [-0.15, -0.1) is 0 Å². The van der Waals surface area contributed by atoms with Gasteiger partial charge in [0.1, 0.15) is 5.78 Å². The molecule has 0 bridgehead atoms. The minimum absolute atomic E-state index is 0.0350. The maximum atomic E-state index is 11.5. The van der Waals surface area contributed by atoms with Crippen molar-refractivity contribution in [1.29, 1.82) is 0 Å². The maximum Gasteiger partial charge on any atom is 0.306 e. The molecule has 0 amide bonds. The van der Waals surface area contributed by atoms with Crippen molar-refractivity contribution >= 4 is 11.8 Å². The van der Waals surface area contributed by atoms with Crippen molar-refractivity contribution in [3.63, 3.8) is 0 Å². The fraction of sp³-hybridized carbons (Fsp3) is 0.765. The second kappa shape index (κ2) is 7.05. The summed E-state index contributed by atoms with van der Waals surface area (Å²) in [5.41, 5.74) is 1.50. The number of carbonyl (C=O) groups is 2. The number of hydrogen-bond acceptors (Lipinski definition) is 3. The number of hydrogen-bond donors (Lipinski definition) is 0. The minimum atomic E-state index is -0.246. The lowest BCUT2D eigenvalue weighted by atomic mass is 9.94. The number of carbonyl (C=O) groups excluding carboxylic acids is 2. The van der Waals surface area contributed by atoms with E-state index in [9.17, 15) is 9.59 Å². The Morgan fingerprint density at radius 2 is 1.95 bits per heavy atom. The van der Waals surface area contributed by atoms with Crippen LogP contribution in [0.3, 0.4) is 0 Å². The highest BCUT2D eigenvalue weighted by Crippen LogP contribution is 2.57. The predicted octanol–water partition coefficient (Wildman–Crippen LogP) is 3.92. The Balaban J connectivity index is 2.30. The molecule has 0 spiro atoms. The van der Waals surface area contributed by atoms with Crippen LogP contribution in [0, 0.1) is 17.3 Å². The Morgan fingerprint density at radius 1 is 1.30 bits per heavy atom. The first-order valence-corrected chi connectivity index (χ1v) is 7.53. The van der Waals surface area contributed by atoms with Gasteiger partial charge in [-0.3, -0.25) is 4.79 Å². The van der Waals surface area contributed by atoms with Crippen molar-refractivity contribution < 1.29 is 14.3 Å². The van der Waals surface area contributed by atoms with Crippen LogP contribution >= 0.6 is 0 Å². The van der Waals surface area contributed by atoms with Gasteiger partial charge in [0.15, 0.2) is 0 Å². The first kappa shape index (κ1) is 16.9. The summed E-state index contributed by atoms with van der Waals surface area (Å²) >= 11 is 0. The summed E-state index contributed by atoms with van der Waals surface area (Å²) in [7, 11) is 0. The van der Waals surface area contributed by atoms with E-state index in [1.807, 2.05) is 0 Å². The van der Waals surface area contributed by atoms with Crippen molar-refractivity contribution in [3.8, 4) is 0 Å². The van der Waals surface area contributed by atoms with E-state index in [0.717, 1.165) is 12.8 Å². The standard InChI is InChI=1S/C17H28O3/c1-12(2)6-7-13(3)15-10-17(15,5)11-20-16(19)9-8-14(4)18/h6,13,15H,7-11H2,1-5H3. The molecule has 0 heterocycles. The number of ketones is 1. The van der Waals surface area contributed by atoms with E-state index in [1.54, 1.807) is 0 Å². The summed E-state index contributed by atoms with van der Waals surface area (Å²) in [6, 6.07) is 0. The lowest BCUT2D eigenvalue weighted by Gasteiger charge is -2.15. The van der Waals surface area contributed by atoms with Crippen LogP contribution in [0.15, 0.2) is 11.6 Å². The summed E-state index contributed by atoms with van der Waals surface area (Å²) < 4.78 is 5.32. The molecule has 20 heavy (non-hydrogen) atoms. The van der Waals surface area contributed by atoms with E-state index in [4.69, 9.17) is 4.74 Å². The van der Waals surface area contributed by atoms with Crippen LogP contribution in [0.4, 0.5) is 0 Å². The average Bonchev–Trinajstić information content (AvgIpc) is 3.04. The molecule has 0 aromatic rings. The second-order valence-electron chi connectivity index (χ2n) is 6.82. The fourth-order valence-electron chi connectivity index (χ4n) is 2.68. The van der Waals surface area contributed by atoms with E-state index < -0.39 is 0 Å². The lowest BCUT2D eigenvalue weighted by molar-refractivity contribution is -0.146. The van der Waals surface area contributed by atoms with Crippen molar-refractivity contribution in [2.45, 2.75) is 60.3 Å². The Bertz CT molecular complexity index is 393. The summed E-state index contributed by atoms with van der Waals surface area (Å²) in [4.78, 5) is 22.3. The number of ether oxygens (including phenoxy) is 1. The van der Waals surface area contributed by atoms with Gasteiger partial charge >= 0.3 is 5.97 Å². The van der Waals surface area contributed by atoms with Crippen molar-refractivity contribution in [2.75, 3.05) is 6.61 Å². The molecule has 1 aliphatic carbocycles. The molecule has 0 saturated heterocycles. The van der Waals surface area contributed by atoms with E-state index >= 15 is 0 Å². The molecule has 1 aliphatic rings. The molecule has 1 fully saturated rings. The van der Waals surface area contributed by atoms with E-state index in [2.05, 4.69) is 33.8 Å². The number of rotatable bonds is 8. The van der Waals surface area contributed by atoms with Crippen LogP contribution < -0.4 is 0 Å². The van der Waals surface area contributed by atoms with Gasteiger partial charge in [0.05, 0.1) is 13.0 Å². The number of allylic oxidation sites excluding steroid dienone is 2. The van der Waals surface area contributed by atoms with Crippen molar-refractivity contribution in [2.24, 2.45) is 17.3 Å². The highest BCUT2D eigenvalue weighted by molar-refractivity contribution is 5.80. The molecule has 3 atom stereocenters. The largest absolute Gasteiger partial charge is 0.465 e. The molecule has 1 saturated carbocycles. The fourth-order valence-corrected chi connectivity index (χ4v) is 2.68. The Hall–Kier alpha value is -1.12. The monoisotopic (exact) mass is 280 g/mol. The zero-order valence-electron chi connectivity index (χ0n) is 13.5. The maximum absolute atomic E-state index is 11.5. The third kappa shape index (κ3) is 5.48. The molecule has 3 heteroatoms. The second-order valence-corrected chi connectivity index (χ2v) is 6.82. The lowest BCUT2D eigenvalue weighted by Crippen LogP contribution is -2.16. The predicted molar refractivity (Wildman–Crippen MR) is 80.3 cm³/mol. The van der Waals surface area contributed by atoms with Crippen LogP contribution in [0.2, 0.25) is 0 Å². The van der Waals surface area contributed by atoms with Crippen LogP contribution in [0.1, 0.15) is 60.3 Å². The van der Waals surface area contributed by atoms with E-state index in [1.165, 1.54) is 12.5 Å². The molecule has 3 unspecified atom stereocenters. The van der Waals surface area contributed by atoms with Gasteiger partial charge in [-0.25, -0.2) is 0 Å². The van der Waals surface area contributed by atoms with Gasteiger partial charge in [-0.2, -0.15) is 0 Å². The number of esters is 1. The summed E-state index contributed by atoms with van der Waals surface area (Å²) in [6.45, 7) is 10.7. The topological polar surface area (TPSA) is 43.4 Å². The average molecular weight is 280 g/mol. The molecule has 3 nitrogen and oxygen atoms in total. The Labute approximate surface area is 122 Å². The van der Waals surface area contributed by atoms with Crippen LogP contribution in [-0.2, 0) is 14.3 Å². The van der Waals surface area contributed by atoms with Crippen molar-refractivity contribution in [3.05, 3.63) is 11.6 Å². The van der Waals surface area contributed by atoms with Crippen LogP contribution in [0.5, 0.6) is 0 Å². The Morgan fingerprint density at radius 3 is 2.50 bits per heavy atom. The summed E-state index contributed by atoms with van der Waals surface area (Å²) in [5.74, 6) is 1.06. The van der Waals surface area contributed by atoms with E-state index in [-0.39, 0.29) is 30.0 Å². The highest BCUT2D eigenvalue weighted by atomic mass is 16.5. The first-order chi connectivity index (χ1) is 9.24. The van der Waals surface area contributed by atoms with Crippen molar-refractivity contribution in [1.82, 2.24) is 0 Å².